The molecule has 0 atom stereocenters. The summed E-state index contributed by atoms with van der Waals surface area (Å²) in [6, 6.07) is 9.43. The van der Waals surface area contributed by atoms with Gasteiger partial charge < -0.3 is 14.2 Å². The molecule has 0 aliphatic carbocycles. The van der Waals surface area contributed by atoms with Crippen LogP contribution in [0.25, 0.3) is 6.08 Å². The van der Waals surface area contributed by atoms with Crippen LogP contribution in [0.1, 0.15) is 22.3 Å². The van der Waals surface area contributed by atoms with Gasteiger partial charge in [-0.25, -0.2) is 4.79 Å². The fraction of sp³-hybridized carbons (Fsp3) is 0.250. The summed E-state index contributed by atoms with van der Waals surface area (Å²) in [5, 5.41) is 0. The van der Waals surface area contributed by atoms with Gasteiger partial charge in [0.05, 0.1) is 14.2 Å². The minimum Gasteiger partial charge on any atom is -0.493 e. The lowest BCUT2D eigenvalue weighted by Crippen LogP contribution is -2.07. The first-order chi connectivity index (χ1) is 11.5. The summed E-state index contributed by atoms with van der Waals surface area (Å²) in [5.41, 5.74) is 3.72. The Morgan fingerprint density at radius 2 is 1.62 bits per heavy atom. The van der Waals surface area contributed by atoms with Crippen molar-refractivity contribution in [2.24, 2.45) is 0 Å². The van der Waals surface area contributed by atoms with Crippen molar-refractivity contribution in [3.05, 3.63) is 58.7 Å². The van der Waals surface area contributed by atoms with Crippen molar-refractivity contribution in [2.75, 3.05) is 14.2 Å². The summed E-state index contributed by atoms with van der Waals surface area (Å²) in [6.07, 6.45) is 3.04. The molecule has 0 saturated heterocycles. The Morgan fingerprint density at radius 3 is 2.29 bits per heavy atom. The van der Waals surface area contributed by atoms with E-state index in [9.17, 15) is 4.79 Å². The maximum Gasteiger partial charge on any atom is 0.336 e. The first-order valence-electron chi connectivity index (χ1n) is 7.65. The van der Waals surface area contributed by atoms with Crippen molar-refractivity contribution in [1.29, 1.82) is 0 Å². The molecule has 126 valence electrons. The summed E-state index contributed by atoms with van der Waals surface area (Å²) < 4.78 is 16.1. The molecule has 0 spiro atoms. The summed E-state index contributed by atoms with van der Waals surface area (Å²) in [6.45, 7) is 5.85. The molecule has 2 aromatic rings. The number of benzene rings is 2. The summed E-state index contributed by atoms with van der Waals surface area (Å²) in [7, 11) is 3.13. The molecule has 0 heterocycles. The van der Waals surface area contributed by atoms with E-state index in [4.69, 9.17) is 14.2 Å². The van der Waals surface area contributed by atoms with Crippen LogP contribution in [-0.4, -0.2) is 20.2 Å². The van der Waals surface area contributed by atoms with Crippen LogP contribution in [0.5, 0.6) is 17.2 Å². The van der Waals surface area contributed by atoms with Crippen LogP contribution >= 0.6 is 0 Å². The second kappa shape index (κ2) is 7.68. The van der Waals surface area contributed by atoms with Gasteiger partial charge in [0.2, 0.25) is 0 Å². The van der Waals surface area contributed by atoms with E-state index >= 15 is 0 Å². The molecule has 2 rings (SSSR count). The Hall–Kier alpha value is -2.75. The molecule has 4 heteroatoms. The second-order valence-corrected chi connectivity index (χ2v) is 5.49. The first kappa shape index (κ1) is 17.6. The van der Waals surface area contributed by atoms with Gasteiger partial charge >= 0.3 is 5.97 Å². The Bertz CT molecular complexity index is 775. The van der Waals surface area contributed by atoms with Gasteiger partial charge in [0.25, 0.3) is 0 Å². The number of carbonyl (C=O) groups is 1. The zero-order valence-corrected chi connectivity index (χ0v) is 14.7. The van der Waals surface area contributed by atoms with Crippen LogP contribution < -0.4 is 14.2 Å². The number of ether oxygens (including phenoxy) is 3. The first-order valence-corrected chi connectivity index (χ1v) is 7.65. The van der Waals surface area contributed by atoms with Crippen LogP contribution in [0.3, 0.4) is 0 Å². The van der Waals surface area contributed by atoms with Crippen molar-refractivity contribution in [3.63, 3.8) is 0 Å². The normalized spacial score (nSPS) is 10.7. The van der Waals surface area contributed by atoms with Crippen molar-refractivity contribution < 1.29 is 19.0 Å². The topological polar surface area (TPSA) is 44.8 Å². The third-order valence-electron chi connectivity index (χ3n) is 3.91. The highest BCUT2D eigenvalue weighted by Gasteiger charge is 2.11. The van der Waals surface area contributed by atoms with Crippen LogP contribution in [0.4, 0.5) is 0 Å². The number of rotatable bonds is 5. The van der Waals surface area contributed by atoms with Gasteiger partial charge in [0, 0.05) is 11.6 Å². The number of aryl methyl sites for hydroxylation is 2. The van der Waals surface area contributed by atoms with Crippen LogP contribution in [0.2, 0.25) is 0 Å². The van der Waals surface area contributed by atoms with Gasteiger partial charge in [-0.2, -0.15) is 0 Å². The molecule has 0 aliphatic heterocycles. The van der Waals surface area contributed by atoms with Gasteiger partial charge in [-0.15, -0.1) is 0 Å². The lowest BCUT2D eigenvalue weighted by atomic mass is 10.1. The lowest BCUT2D eigenvalue weighted by molar-refractivity contribution is -0.129. The number of hydrogen-bond donors (Lipinski definition) is 0. The highest BCUT2D eigenvalue weighted by molar-refractivity contribution is 5.89. The van der Waals surface area contributed by atoms with Crippen LogP contribution in [-0.2, 0) is 4.79 Å². The monoisotopic (exact) mass is 326 g/mol. The molecule has 0 saturated carbocycles. The third-order valence-corrected chi connectivity index (χ3v) is 3.91. The van der Waals surface area contributed by atoms with E-state index in [2.05, 4.69) is 0 Å². The second-order valence-electron chi connectivity index (χ2n) is 5.49. The maximum absolute atomic E-state index is 12.2. The number of carbonyl (C=O) groups excluding carboxylic acids is 1. The predicted octanol–water partition coefficient (Wildman–Crippen LogP) is 4.25. The van der Waals surface area contributed by atoms with E-state index in [1.165, 1.54) is 6.08 Å². The van der Waals surface area contributed by atoms with Gasteiger partial charge in [0.1, 0.15) is 5.75 Å². The van der Waals surface area contributed by atoms with Crippen molar-refractivity contribution in [1.82, 2.24) is 0 Å². The third kappa shape index (κ3) is 3.77. The molecule has 0 amide bonds. The van der Waals surface area contributed by atoms with Crippen molar-refractivity contribution >= 4 is 12.0 Å². The Labute approximate surface area is 142 Å². The molecule has 0 unspecified atom stereocenters. The van der Waals surface area contributed by atoms with E-state index < -0.39 is 5.97 Å². The highest BCUT2D eigenvalue weighted by atomic mass is 16.5. The Kier molecular flexibility index (Phi) is 5.64. The van der Waals surface area contributed by atoms with E-state index in [0.717, 1.165) is 22.3 Å². The molecule has 0 aliphatic rings. The fourth-order valence-corrected chi connectivity index (χ4v) is 2.42. The molecule has 0 radical (unpaired) electrons. The molecule has 0 bridgehead atoms. The zero-order chi connectivity index (χ0) is 17.7. The largest absolute Gasteiger partial charge is 0.493 e. The van der Waals surface area contributed by atoms with E-state index in [1.54, 1.807) is 26.4 Å². The van der Waals surface area contributed by atoms with E-state index in [-0.39, 0.29) is 0 Å². The average Bonchev–Trinajstić information content (AvgIpc) is 2.59. The van der Waals surface area contributed by atoms with Crippen molar-refractivity contribution in [3.8, 4) is 17.2 Å². The molecular weight excluding hydrogens is 304 g/mol. The van der Waals surface area contributed by atoms with Gasteiger partial charge in [-0.3, -0.25) is 0 Å². The summed E-state index contributed by atoms with van der Waals surface area (Å²) >= 11 is 0. The number of methoxy groups -OCH3 is 2. The Morgan fingerprint density at radius 1 is 0.917 bits per heavy atom. The smallest absolute Gasteiger partial charge is 0.336 e. The molecular formula is C20H22O4. The van der Waals surface area contributed by atoms with Crippen molar-refractivity contribution in [2.45, 2.75) is 20.8 Å². The fourth-order valence-electron chi connectivity index (χ4n) is 2.42. The van der Waals surface area contributed by atoms with E-state index in [0.29, 0.717) is 17.2 Å². The van der Waals surface area contributed by atoms with Gasteiger partial charge in [-0.05, 0) is 49.6 Å². The molecule has 0 aromatic heterocycles. The number of hydrogen-bond acceptors (Lipinski definition) is 4. The SMILES string of the molecule is COc1cccc(C=CC(=O)Oc2c(C)ccc(C)c2C)c1OC. The zero-order valence-electron chi connectivity index (χ0n) is 14.7. The minimum absolute atomic E-state index is 0.434. The molecule has 24 heavy (non-hydrogen) atoms. The lowest BCUT2D eigenvalue weighted by Gasteiger charge is -2.11. The number of para-hydroxylation sites is 1. The maximum atomic E-state index is 12.2. The summed E-state index contributed by atoms with van der Waals surface area (Å²) in [5.74, 6) is 1.37. The molecule has 0 N–H and O–H groups in total. The van der Waals surface area contributed by atoms with Crippen LogP contribution in [0.15, 0.2) is 36.4 Å². The Balaban J connectivity index is 2.22. The molecule has 0 fully saturated rings. The van der Waals surface area contributed by atoms with E-state index in [1.807, 2.05) is 45.0 Å². The van der Waals surface area contributed by atoms with Gasteiger partial charge in [0.15, 0.2) is 11.5 Å². The highest BCUT2D eigenvalue weighted by Crippen LogP contribution is 2.31. The number of esters is 1. The minimum atomic E-state index is -0.434. The summed E-state index contributed by atoms with van der Waals surface area (Å²) in [4.78, 5) is 12.2. The average molecular weight is 326 g/mol. The van der Waals surface area contributed by atoms with Crippen LogP contribution in [0, 0.1) is 20.8 Å². The molecule has 2 aromatic carbocycles. The standard InChI is InChI=1S/C20H22O4/c1-13-9-10-14(2)19(15(13)3)24-18(21)12-11-16-7-6-8-17(22-4)20(16)23-5/h6-12H,1-5H3. The van der Waals surface area contributed by atoms with Gasteiger partial charge in [-0.1, -0.05) is 24.3 Å². The quantitative estimate of drug-likeness (QED) is 0.468. The predicted molar refractivity (Wildman–Crippen MR) is 94.9 cm³/mol. The molecule has 4 nitrogen and oxygen atoms in total.